The highest BCUT2D eigenvalue weighted by atomic mass is 35.5. The van der Waals surface area contributed by atoms with Gasteiger partial charge in [0, 0.05) is 6.54 Å². The van der Waals surface area contributed by atoms with Crippen LogP contribution in [0.25, 0.3) is 0 Å². The normalized spacial score (nSPS) is 10.5. The third-order valence-electron chi connectivity index (χ3n) is 1.33. The third kappa shape index (κ3) is 1.87. The van der Waals surface area contributed by atoms with Crippen molar-refractivity contribution in [2.75, 3.05) is 6.26 Å². The van der Waals surface area contributed by atoms with Crippen LogP contribution >= 0.6 is 23.4 Å². The summed E-state index contributed by atoms with van der Waals surface area (Å²) in [5.41, 5.74) is 0. The Labute approximate surface area is 75.1 Å². The molecule has 62 valence electrons. The van der Waals surface area contributed by atoms with E-state index in [9.17, 15) is 0 Å². The molecule has 0 amide bonds. The zero-order chi connectivity index (χ0) is 8.27. The fraction of sp³-hybridized carbons (Fsp3) is 0.667. The lowest BCUT2D eigenvalue weighted by atomic mass is 10.6. The minimum atomic E-state index is 0.432. The molecule has 0 fully saturated rings. The average molecular weight is 192 g/mol. The van der Waals surface area contributed by atoms with Crippen LogP contribution in [0.5, 0.6) is 0 Å². The Balaban J connectivity index is 2.92. The van der Waals surface area contributed by atoms with Crippen LogP contribution in [-0.2, 0) is 12.4 Å². The van der Waals surface area contributed by atoms with E-state index < -0.39 is 0 Å². The topological polar surface area (TPSA) is 30.7 Å². The van der Waals surface area contributed by atoms with Crippen LogP contribution < -0.4 is 0 Å². The highest BCUT2D eigenvalue weighted by molar-refractivity contribution is 7.98. The maximum atomic E-state index is 5.65. The first-order chi connectivity index (χ1) is 5.31. The molecule has 1 rings (SSSR count). The van der Waals surface area contributed by atoms with Gasteiger partial charge < -0.3 is 0 Å². The molecule has 0 aromatic carbocycles. The van der Waals surface area contributed by atoms with Gasteiger partial charge in [0.1, 0.15) is 5.82 Å². The van der Waals surface area contributed by atoms with E-state index in [-0.39, 0.29) is 0 Å². The molecule has 0 saturated carbocycles. The van der Waals surface area contributed by atoms with Gasteiger partial charge in [-0.3, -0.25) is 0 Å². The van der Waals surface area contributed by atoms with Crippen molar-refractivity contribution in [1.82, 2.24) is 14.8 Å². The molecule has 0 aliphatic heterocycles. The van der Waals surface area contributed by atoms with Crippen molar-refractivity contribution in [2.24, 2.45) is 0 Å². The van der Waals surface area contributed by atoms with E-state index in [1.807, 2.05) is 17.9 Å². The Morgan fingerprint density at radius 2 is 2.36 bits per heavy atom. The molecule has 11 heavy (non-hydrogen) atoms. The van der Waals surface area contributed by atoms with Crippen LogP contribution in [0.2, 0.25) is 0 Å². The lowest BCUT2D eigenvalue weighted by Crippen LogP contribution is -2.00. The number of hydrogen-bond acceptors (Lipinski definition) is 3. The van der Waals surface area contributed by atoms with Crippen molar-refractivity contribution >= 4 is 23.4 Å². The zero-order valence-corrected chi connectivity index (χ0v) is 8.11. The summed E-state index contributed by atoms with van der Waals surface area (Å²) in [5.74, 6) is 1.28. The van der Waals surface area contributed by atoms with Crippen molar-refractivity contribution in [3.63, 3.8) is 0 Å². The van der Waals surface area contributed by atoms with Gasteiger partial charge in [-0.05, 0) is 13.2 Å². The molecule has 0 spiro atoms. The van der Waals surface area contributed by atoms with Crippen LogP contribution in [0.1, 0.15) is 12.7 Å². The van der Waals surface area contributed by atoms with Gasteiger partial charge in [-0.1, -0.05) is 11.8 Å². The van der Waals surface area contributed by atoms with Crippen LogP contribution in [0.4, 0.5) is 0 Å². The third-order valence-corrected chi connectivity index (χ3v) is 2.11. The molecule has 1 heterocycles. The number of aryl methyl sites for hydroxylation is 1. The fourth-order valence-electron chi connectivity index (χ4n) is 0.790. The summed E-state index contributed by atoms with van der Waals surface area (Å²) in [7, 11) is 0. The molecule has 0 radical (unpaired) electrons. The first kappa shape index (κ1) is 8.87. The number of thioether (sulfide) groups is 1. The number of hydrogen-bond donors (Lipinski definition) is 0. The second-order valence-corrected chi connectivity index (χ2v) is 3.00. The molecular weight excluding hydrogens is 182 g/mol. The predicted octanol–water partition coefficient (Wildman–Crippen LogP) is 1.76. The molecule has 1 aromatic rings. The Kier molecular flexibility index (Phi) is 3.20. The monoisotopic (exact) mass is 191 g/mol. The van der Waals surface area contributed by atoms with E-state index in [0.29, 0.717) is 5.88 Å². The minimum absolute atomic E-state index is 0.432. The molecule has 0 bridgehead atoms. The highest BCUT2D eigenvalue weighted by Gasteiger charge is 2.05. The summed E-state index contributed by atoms with van der Waals surface area (Å²) in [6.07, 6.45) is 1.95. The van der Waals surface area contributed by atoms with Crippen LogP contribution in [0.3, 0.4) is 0 Å². The Morgan fingerprint density at radius 3 is 2.73 bits per heavy atom. The van der Waals surface area contributed by atoms with Gasteiger partial charge in [0.15, 0.2) is 0 Å². The molecule has 0 unspecified atom stereocenters. The number of nitrogens with zero attached hydrogens (tertiary/aromatic N) is 3. The van der Waals surface area contributed by atoms with Crippen molar-refractivity contribution in [3.8, 4) is 0 Å². The van der Waals surface area contributed by atoms with Gasteiger partial charge in [-0.25, -0.2) is 9.67 Å². The first-order valence-electron chi connectivity index (χ1n) is 3.35. The van der Waals surface area contributed by atoms with E-state index in [1.165, 1.54) is 11.8 Å². The van der Waals surface area contributed by atoms with E-state index in [4.69, 9.17) is 11.6 Å². The molecule has 0 atom stereocenters. The number of halogens is 1. The van der Waals surface area contributed by atoms with Crippen LogP contribution in [0.15, 0.2) is 5.16 Å². The predicted molar refractivity (Wildman–Crippen MR) is 47.0 cm³/mol. The van der Waals surface area contributed by atoms with Gasteiger partial charge in [-0.15, -0.1) is 16.7 Å². The molecule has 5 heteroatoms. The zero-order valence-electron chi connectivity index (χ0n) is 6.54. The molecule has 3 nitrogen and oxygen atoms in total. The maximum Gasteiger partial charge on any atom is 0.208 e. The van der Waals surface area contributed by atoms with E-state index >= 15 is 0 Å². The Hall–Kier alpha value is -0.220. The molecule has 0 N–H and O–H groups in total. The quantitative estimate of drug-likeness (QED) is 0.539. The van der Waals surface area contributed by atoms with Gasteiger partial charge in [-0.2, -0.15) is 0 Å². The second kappa shape index (κ2) is 3.97. The fourth-order valence-corrected chi connectivity index (χ4v) is 1.36. The van der Waals surface area contributed by atoms with E-state index in [1.54, 1.807) is 0 Å². The summed E-state index contributed by atoms with van der Waals surface area (Å²) < 4.78 is 1.82. The smallest absolute Gasteiger partial charge is 0.208 e. The van der Waals surface area contributed by atoms with E-state index in [0.717, 1.165) is 17.5 Å². The number of rotatable bonds is 3. The summed E-state index contributed by atoms with van der Waals surface area (Å²) in [6, 6.07) is 0. The first-order valence-corrected chi connectivity index (χ1v) is 5.11. The van der Waals surface area contributed by atoms with Gasteiger partial charge in [0.2, 0.25) is 5.16 Å². The van der Waals surface area contributed by atoms with Gasteiger partial charge in [0.05, 0.1) is 5.88 Å². The standard InChI is InChI=1S/C6H10ClN3S/c1-3-10-5(4-7)8-6(9-10)11-2/h3-4H2,1-2H3. The largest absolute Gasteiger partial charge is 0.248 e. The number of aromatic nitrogens is 3. The Morgan fingerprint density at radius 1 is 1.64 bits per heavy atom. The molecule has 0 aliphatic rings. The lowest BCUT2D eigenvalue weighted by Gasteiger charge is -1.95. The average Bonchev–Trinajstić information content (AvgIpc) is 2.46. The SMILES string of the molecule is CCn1nc(SC)nc1CCl. The minimum Gasteiger partial charge on any atom is -0.248 e. The Bertz CT molecular complexity index is 214. The molecule has 0 aliphatic carbocycles. The summed E-state index contributed by atoms with van der Waals surface area (Å²) in [5, 5.41) is 5.00. The summed E-state index contributed by atoms with van der Waals surface area (Å²) >= 11 is 7.18. The summed E-state index contributed by atoms with van der Waals surface area (Å²) in [6.45, 7) is 2.85. The van der Waals surface area contributed by atoms with Crippen LogP contribution in [0, 0.1) is 0 Å². The van der Waals surface area contributed by atoms with Crippen molar-refractivity contribution in [1.29, 1.82) is 0 Å². The van der Waals surface area contributed by atoms with E-state index in [2.05, 4.69) is 10.1 Å². The second-order valence-electron chi connectivity index (χ2n) is 1.96. The maximum absolute atomic E-state index is 5.65. The van der Waals surface area contributed by atoms with Crippen molar-refractivity contribution in [3.05, 3.63) is 5.82 Å². The van der Waals surface area contributed by atoms with Crippen molar-refractivity contribution in [2.45, 2.75) is 24.5 Å². The summed E-state index contributed by atoms with van der Waals surface area (Å²) in [4.78, 5) is 4.20. The molecule has 1 aromatic heterocycles. The highest BCUT2D eigenvalue weighted by Crippen LogP contribution is 2.10. The van der Waals surface area contributed by atoms with Gasteiger partial charge in [0.25, 0.3) is 0 Å². The number of alkyl halides is 1. The molecular formula is C6H10ClN3S. The van der Waals surface area contributed by atoms with Crippen molar-refractivity contribution < 1.29 is 0 Å². The van der Waals surface area contributed by atoms with Gasteiger partial charge >= 0.3 is 0 Å². The molecule has 0 saturated heterocycles. The van der Waals surface area contributed by atoms with Crippen LogP contribution in [-0.4, -0.2) is 21.0 Å². The lowest BCUT2D eigenvalue weighted by molar-refractivity contribution is 0.620.